The van der Waals surface area contributed by atoms with Crippen LogP contribution in [0.5, 0.6) is 0 Å². The van der Waals surface area contributed by atoms with Gasteiger partial charge in [-0.15, -0.1) is 0 Å². The van der Waals surface area contributed by atoms with Crippen LogP contribution in [-0.2, 0) is 6.18 Å². The third-order valence-electron chi connectivity index (χ3n) is 2.56. The third kappa shape index (κ3) is 2.58. The number of pyridine rings is 1. The first-order valence-electron chi connectivity index (χ1n) is 4.87. The second kappa shape index (κ2) is 3.80. The Morgan fingerprint density at radius 1 is 1.44 bits per heavy atom. The van der Waals surface area contributed by atoms with Gasteiger partial charge in [-0.25, -0.2) is 4.98 Å². The first-order chi connectivity index (χ1) is 7.36. The zero-order valence-corrected chi connectivity index (χ0v) is 9.23. The molecule has 2 nitrogen and oxygen atoms in total. The molecule has 2 unspecified atom stereocenters. The number of aromatic nitrogens is 1. The molecule has 2 atom stereocenters. The van der Waals surface area contributed by atoms with E-state index >= 15 is 0 Å². The smallest absolute Gasteiger partial charge is 0.367 e. The molecule has 1 N–H and O–H groups in total. The monoisotopic (exact) mass is 250 g/mol. The molecule has 16 heavy (non-hydrogen) atoms. The van der Waals surface area contributed by atoms with Crippen molar-refractivity contribution in [3.63, 3.8) is 0 Å². The van der Waals surface area contributed by atoms with E-state index < -0.39 is 11.7 Å². The van der Waals surface area contributed by atoms with Crippen molar-refractivity contribution in [2.75, 3.05) is 5.32 Å². The summed E-state index contributed by atoms with van der Waals surface area (Å²) in [5, 5.41) is 2.78. The SMILES string of the molecule is CC1CC1Nc1cc(C(F)(F)F)cc(Cl)n1. The van der Waals surface area contributed by atoms with E-state index in [9.17, 15) is 13.2 Å². The van der Waals surface area contributed by atoms with Gasteiger partial charge in [0.1, 0.15) is 11.0 Å². The molecular formula is C10H10ClF3N2. The number of hydrogen-bond donors (Lipinski definition) is 1. The van der Waals surface area contributed by atoms with Crippen molar-refractivity contribution in [3.8, 4) is 0 Å². The summed E-state index contributed by atoms with van der Waals surface area (Å²) >= 11 is 5.55. The number of halogens is 4. The average Bonchev–Trinajstić information content (AvgIpc) is 2.79. The quantitative estimate of drug-likeness (QED) is 0.812. The predicted molar refractivity (Wildman–Crippen MR) is 55.4 cm³/mol. The van der Waals surface area contributed by atoms with Crippen molar-refractivity contribution in [2.24, 2.45) is 5.92 Å². The molecule has 0 radical (unpaired) electrons. The van der Waals surface area contributed by atoms with E-state index in [1.165, 1.54) is 0 Å². The second-order valence-corrected chi connectivity index (χ2v) is 4.41. The van der Waals surface area contributed by atoms with Crippen molar-refractivity contribution in [1.82, 2.24) is 4.98 Å². The number of anilines is 1. The van der Waals surface area contributed by atoms with Crippen LogP contribution in [0, 0.1) is 5.92 Å². The summed E-state index contributed by atoms with van der Waals surface area (Å²) in [6, 6.07) is 2.02. The summed E-state index contributed by atoms with van der Waals surface area (Å²) in [6.45, 7) is 2.02. The van der Waals surface area contributed by atoms with Gasteiger partial charge in [0, 0.05) is 6.04 Å². The van der Waals surface area contributed by atoms with Crippen molar-refractivity contribution in [1.29, 1.82) is 0 Å². The maximum atomic E-state index is 12.5. The van der Waals surface area contributed by atoms with Gasteiger partial charge in [0.2, 0.25) is 0 Å². The fourth-order valence-corrected chi connectivity index (χ4v) is 1.66. The van der Waals surface area contributed by atoms with Crippen LogP contribution in [0.2, 0.25) is 5.15 Å². The Labute approximate surface area is 95.8 Å². The average molecular weight is 251 g/mol. The largest absolute Gasteiger partial charge is 0.416 e. The standard InChI is InChI=1S/C10H10ClF3N2/c1-5-2-7(5)15-9-4-6(10(12,13)14)3-8(11)16-9/h3-5,7H,2H2,1H3,(H,15,16). The number of alkyl halides is 3. The number of hydrogen-bond acceptors (Lipinski definition) is 2. The molecule has 0 spiro atoms. The minimum atomic E-state index is -4.39. The van der Waals surface area contributed by atoms with E-state index in [-0.39, 0.29) is 17.0 Å². The van der Waals surface area contributed by atoms with Gasteiger partial charge in [0.15, 0.2) is 0 Å². The van der Waals surface area contributed by atoms with E-state index in [1.54, 1.807) is 0 Å². The Kier molecular flexibility index (Phi) is 2.74. The van der Waals surface area contributed by atoms with Crippen LogP contribution < -0.4 is 5.32 Å². The number of nitrogens with one attached hydrogen (secondary N) is 1. The van der Waals surface area contributed by atoms with Crippen LogP contribution in [0.15, 0.2) is 12.1 Å². The Morgan fingerprint density at radius 3 is 2.56 bits per heavy atom. The molecule has 0 bridgehead atoms. The lowest BCUT2D eigenvalue weighted by Crippen LogP contribution is -2.10. The second-order valence-electron chi connectivity index (χ2n) is 4.03. The van der Waals surface area contributed by atoms with Crippen molar-refractivity contribution >= 4 is 17.4 Å². The molecule has 88 valence electrons. The number of nitrogens with zero attached hydrogens (tertiary/aromatic N) is 1. The van der Waals surface area contributed by atoms with Crippen LogP contribution >= 0.6 is 11.6 Å². The highest BCUT2D eigenvalue weighted by Crippen LogP contribution is 2.35. The molecule has 1 saturated carbocycles. The molecular weight excluding hydrogens is 241 g/mol. The van der Waals surface area contributed by atoms with E-state index in [0.29, 0.717) is 5.92 Å². The summed E-state index contributed by atoms with van der Waals surface area (Å²) in [5.41, 5.74) is -0.775. The van der Waals surface area contributed by atoms with Crippen LogP contribution in [0.1, 0.15) is 18.9 Å². The highest BCUT2D eigenvalue weighted by Gasteiger charge is 2.35. The minimum absolute atomic E-state index is 0.148. The summed E-state index contributed by atoms with van der Waals surface area (Å²) in [7, 11) is 0. The van der Waals surface area contributed by atoms with Crippen molar-refractivity contribution in [2.45, 2.75) is 25.6 Å². The Bertz CT molecular complexity index is 406. The molecule has 0 aromatic carbocycles. The third-order valence-corrected chi connectivity index (χ3v) is 2.76. The van der Waals surface area contributed by atoms with Crippen LogP contribution in [0.25, 0.3) is 0 Å². The van der Waals surface area contributed by atoms with Gasteiger partial charge in [0.25, 0.3) is 0 Å². The molecule has 1 aromatic rings. The van der Waals surface area contributed by atoms with Gasteiger partial charge in [-0.1, -0.05) is 18.5 Å². The maximum Gasteiger partial charge on any atom is 0.416 e. The van der Waals surface area contributed by atoms with Crippen LogP contribution in [0.4, 0.5) is 19.0 Å². The molecule has 2 rings (SSSR count). The lowest BCUT2D eigenvalue weighted by Gasteiger charge is -2.10. The highest BCUT2D eigenvalue weighted by atomic mass is 35.5. The molecule has 1 aromatic heterocycles. The summed E-state index contributed by atoms with van der Waals surface area (Å²) in [4.78, 5) is 3.82. The fourth-order valence-electron chi connectivity index (χ4n) is 1.45. The van der Waals surface area contributed by atoms with Gasteiger partial charge < -0.3 is 5.32 Å². The van der Waals surface area contributed by atoms with Crippen molar-refractivity contribution < 1.29 is 13.2 Å². The first-order valence-corrected chi connectivity index (χ1v) is 5.25. The molecule has 6 heteroatoms. The maximum absolute atomic E-state index is 12.5. The van der Waals surface area contributed by atoms with Crippen LogP contribution in [-0.4, -0.2) is 11.0 Å². The van der Waals surface area contributed by atoms with Gasteiger partial charge in [-0.3, -0.25) is 0 Å². The molecule has 1 aliphatic rings. The summed E-state index contributed by atoms with van der Waals surface area (Å²) in [6.07, 6.45) is -3.44. The van der Waals surface area contributed by atoms with Gasteiger partial charge in [-0.05, 0) is 24.5 Å². The van der Waals surface area contributed by atoms with Crippen LogP contribution in [0.3, 0.4) is 0 Å². The number of rotatable bonds is 2. The summed E-state index contributed by atoms with van der Waals surface area (Å²) in [5.74, 6) is 0.671. The zero-order valence-electron chi connectivity index (χ0n) is 8.48. The van der Waals surface area contributed by atoms with E-state index in [4.69, 9.17) is 11.6 Å². The minimum Gasteiger partial charge on any atom is -0.367 e. The lowest BCUT2D eigenvalue weighted by molar-refractivity contribution is -0.137. The van der Waals surface area contributed by atoms with Gasteiger partial charge in [-0.2, -0.15) is 13.2 Å². The summed E-state index contributed by atoms with van der Waals surface area (Å²) < 4.78 is 37.4. The Balaban J connectivity index is 2.22. The van der Waals surface area contributed by atoms with E-state index in [2.05, 4.69) is 10.3 Å². The zero-order chi connectivity index (χ0) is 11.9. The Hall–Kier alpha value is -0.970. The van der Waals surface area contributed by atoms with Gasteiger partial charge >= 0.3 is 6.18 Å². The first kappa shape index (κ1) is 11.5. The predicted octanol–water partition coefficient (Wildman–Crippen LogP) is 3.57. The molecule has 0 aliphatic heterocycles. The Morgan fingerprint density at radius 2 is 2.06 bits per heavy atom. The van der Waals surface area contributed by atoms with E-state index in [0.717, 1.165) is 18.6 Å². The molecule has 0 saturated heterocycles. The molecule has 1 fully saturated rings. The molecule has 1 aliphatic carbocycles. The fraction of sp³-hybridized carbons (Fsp3) is 0.500. The molecule has 1 heterocycles. The topological polar surface area (TPSA) is 24.9 Å². The lowest BCUT2D eigenvalue weighted by atomic mass is 10.2. The normalized spacial score (nSPS) is 24.3. The van der Waals surface area contributed by atoms with Gasteiger partial charge in [0.05, 0.1) is 5.56 Å². The van der Waals surface area contributed by atoms with E-state index in [1.807, 2.05) is 6.92 Å². The highest BCUT2D eigenvalue weighted by molar-refractivity contribution is 6.29. The van der Waals surface area contributed by atoms with Crippen molar-refractivity contribution in [3.05, 3.63) is 22.8 Å². The molecule has 0 amide bonds.